The number of rotatable bonds is 8. The number of nitro groups is 1. The Balaban J connectivity index is 1.95. The number of carbonyl (C=O) groups excluding carboxylic acids is 2. The second-order valence-electron chi connectivity index (χ2n) is 6.46. The highest BCUT2D eigenvalue weighted by Gasteiger charge is 2.34. The smallest absolute Gasteiger partial charge is 0.338 e. The van der Waals surface area contributed by atoms with Crippen LogP contribution in [0.25, 0.3) is 0 Å². The second kappa shape index (κ2) is 9.61. The van der Waals surface area contributed by atoms with E-state index in [0.29, 0.717) is 11.3 Å². The fourth-order valence-electron chi connectivity index (χ4n) is 3.07. The van der Waals surface area contributed by atoms with E-state index < -0.39 is 23.0 Å². The molecule has 1 heterocycles. The summed E-state index contributed by atoms with van der Waals surface area (Å²) in [5.41, 5.74) is 0.890. The number of methoxy groups -OCH3 is 1. The lowest BCUT2D eigenvalue weighted by molar-refractivity contribution is -0.384. The standard InChI is InChI=1S/C21H21N3O7/c1-3-30-20(25)18-17(12-31-16-6-4-5-14(11-16)24(27)28)22-21(26)23-19(18)13-7-9-15(29-2)10-8-13/h4-11,19H,3,12H2,1-2H3,(H2,22,23,26). The molecule has 1 aliphatic heterocycles. The van der Waals surface area contributed by atoms with Crippen molar-refractivity contribution >= 4 is 17.7 Å². The Morgan fingerprint density at radius 1 is 1.16 bits per heavy atom. The predicted octanol–water partition coefficient (Wildman–Crippen LogP) is 2.85. The molecule has 0 radical (unpaired) electrons. The first kappa shape index (κ1) is 21.6. The van der Waals surface area contributed by atoms with E-state index >= 15 is 0 Å². The number of benzene rings is 2. The van der Waals surface area contributed by atoms with Gasteiger partial charge in [-0.15, -0.1) is 0 Å². The van der Waals surface area contributed by atoms with Crippen molar-refractivity contribution in [1.82, 2.24) is 10.6 Å². The fraction of sp³-hybridized carbons (Fsp3) is 0.238. The molecule has 31 heavy (non-hydrogen) atoms. The van der Waals surface area contributed by atoms with Gasteiger partial charge in [-0.2, -0.15) is 0 Å². The van der Waals surface area contributed by atoms with Crippen molar-refractivity contribution in [2.24, 2.45) is 0 Å². The molecule has 2 aromatic rings. The van der Waals surface area contributed by atoms with Gasteiger partial charge in [0.1, 0.15) is 18.1 Å². The minimum absolute atomic E-state index is 0.137. The Morgan fingerprint density at radius 2 is 1.90 bits per heavy atom. The Labute approximate surface area is 177 Å². The quantitative estimate of drug-likeness (QED) is 0.376. The summed E-state index contributed by atoms with van der Waals surface area (Å²) >= 11 is 0. The van der Waals surface area contributed by atoms with Crippen molar-refractivity contribution in [3.63, 3.8) is 0 Å². The lowest BCUT2D eigenvalue weighted by atomic mass is 9.95. The Kier molecular flexibility index (Phi) is 6.71. The van der Waals surface area contributed by atoms with E-state index in [0.717, 1.165) is 0 Å². The summed E-state index contributed by atoms with van der Waals surface area (Å²) in [6, 6.07) is 11.2. The minimum atomic E-state index is -0.776. The number of carbonyl (C=O) groups is 2. The number of ether oxygens (including phenoxy) is 3. The summed E-state index contributed by atoms with van der Waals surface area (Å²) in [7, 11) is 1.54. The van der Waals surface area contributed by atoms with Crippen molar-refractivity contribution in [3.05, 3.63) is 75.5 Å². The van der Waals surface area contributed by atoms with Gasteiger partial charge in [-0.25, -0.2) is 9.59 Å². The molecule has 3 rings (SSSR count). The summed E-state index contributed by atoms with van der Waals surface area (Å²) in [5.74, 6) is 0.229. The Morgan fingerprint density at radius 3 is 2.55 bits per heavy atom. The highest BCUT2D eigenvalue weighted by molar-refractivity contribution is 5.95. The van der Waals surface area contributed by atoms with Crippen LogP contribution in [0.3, 0.4) is 0 Å². The molecule has 1 unspecified atom stereocenters. The third kappa shape index (κ3) is 5.10. The molecular weight excluding hydrogens is 406 g/mol. The molecule has 10 heteroatoms. The first-order chi connectivity index (χ1) is 14.9. The van der Waals surface area contributed by atoms with Gasteiger partial charge in [-0.3, -0.25) is 10.1 Å². The molecule has 0 bridgehead atoms. The van der Waals surface area contributed by atoms with Crippen molar-refractivity contribution < 1.29 is 28.7 Å². The number of esters is 1. The normalized spacial score (nSPS) is 15.5. The zero-order valence-corrected chi connectivity index (χ0v) is 16.9. The number of nitrogens with zero attached hydrogens (tertiary/aromatic N) is 1. The predicted molar refractivity (Wildman–Crippen MR) is 110 cm³/mol. The summed E-state index contributed by atoms with van der Waals surface area (Å²) in [6.07, 6.45) is 0. The number of amides is 2. The van der Waals surface area contributed by atoms with E-state index in [1.54, 1.807) is 37.3 Å². The van der Waals surface area contributed by atoms with Gasteiger partial charge in [0.25, 0.3) is 5.69 Å². The van der Waals surface area contributed by atoms with Crippen LogP contribution in [0.5, 0.6) is 11.5 Å². The van der Waals surface area contributed by atoms with E-state index in [1.165, 1.54) is 25.3 Å². The first-order valence-corrected chi connectivity index (χ1v) is 9.41. The van der Waals surface area contributed by atoms with Crippen molar-refractivity contribution in [2.75, 3.05) is 20.3 Å². The maximum atomic E-state index is 12.7. The van der Waals surface area contributed by atoms with E-state index in [4.69, 9.17) is 14.2 Å². The zero-order valence-electron chi connectivity index (χ0n) is 16.9. The number of nitro benzene ring substituents is 1. The zero-order chi connectivity index (χ0) is 22.4. The van der Waals surface area contributed by atoms with Crippen LogP contribution in [-0.2, 0) is 9.53 Å². The number of urea groups is 1. The highest BCUT2D eigenvalue weighted by atomic mass is 16.6. The Hall–Kier alpha value is -4.08. The number of hydrogen-bond acceptors (Lipinski definition) is 7. The minimum Gasteiger partial charge on any atom is -0.497 e. The maximum Gasteiger partial charge on any atom is 0.338 e. The maximum absolute atomic E-state index is 12.7. The lowest BCUT2D eigenvalue weighted by Gasteiger charge is -2.29. The Bertz CT molecular complexity index is 1020. The molecule has 0 saturated heterocycles. The van der Waals surface area contributed by atoms with Gasteiger partial charge in [0, 0.05) is 6.07 Å². The van der Waals surface area contributed by atoms with Crippen molar-refractivity contribution in [2.45, 2.75) is 13.0 Å². The topological polar surface area (TPSA) is 129 Å². The molecule has 0 saturated carbocycles. The molecule has 2 amide bonds. The van der Waals surface area contributed by atoms with Crippen LogP contribution < -0.4 is 20.1 Å². The summed E-state index contributed by atoms with van der Waals surface area (Å²) in [6.45, 7) is 1.62. The van der Waals surface area contributed by atoms with Gasteiger partial charge in [0.2, 0.25) is 0 Å². The van der Waals surface area contributed by atoms with Crippen LogP contribution >= 0.6 is 0 Å². The first-order valence-electron chi connectivity index (χ1n) is 9.41. The average molecular weight is 427 g/mol. The van der Waals surface area contributed by atoms with Gasteiger partial charge in [0.15, 0.2) is 0 Å². The van der Waals surface area contributed by atoms with Crippen molar-refractivity contribution in [3.8, 4) is 11.5 Å². The lowest BCUT2D eigenvalue weighted by Crippen LogP contribution is -2.47. The number of nitrogens with one attached hydrogen (secondary N) is 2. The van der Waals surface area contributed by atoms with E-state index in [2.05, 4.69) is 10.6 Å². The van der Waals surface area contributed by atoms with Crippen LogP contribution in [0.1, 0.15) is 18.5 Å². The molecular formula is C21H21N3O7. The van der Waals surface area contributed by atoms with E-state index in [-0.39, 0.29) is 35.9 Å². The van der Waals surface area contributed by atoms with Crippen LogP contribution in [-0.4, -0.2) is 37.2 Å². The van der Waals surface area contributed by atoms with Crippen LogP contribution in [0, 0.1) is 10.1 Å². The molecule has 0 spiro atoms. The molecule has 0 fully saturated rings. The fourth-order valence-corrected chi connectivity index (χ4v) is 3.07. The van der Waals surface area contributed by atoms with E-state index in [9.17, 15) is 19.7 Å². The number of hydrogen-bond donors (Lipinski definition) is 2. The number of non-ortho nitro benzene ring substituents is 1. The van der Waals surface area contributed by atoms with Crippen LogP contribution in [0.2, 0.25) is 0 Å². The summed E-state index contributed by atoms with van der Waals surface area (Å²) in [4.78, 5) is 35.4. The SMILES string of the molecule is CCOC(=O)C1=C(COc2cccc([N+](=O)[O-])c2)NC(=O)NC1c1ccc(OC)cc1. The molecule has 0 aliphatic carbocycles. The molecule has 10 nitrogen and oxygen atoms in total. The molecule has 162 valence electrons. The van der Waals surface area contributed by atoms with Gasteiger partial charge in [0.05, 0.1) is 42.0 Å². The average Bonchev–Trinajstić information content (AvgIpc) is 2.77. The summed E-state index contributed by atoms with van der Waals surface area (Å²) in [5, 5.41) is 16.3. The molecule has 1 atom stereocenters. The molecule has 2 N–H and O–H groups in total. The van der Waals surface area contributed by atoms with Gasteiger partial charge >= 0.3 is 12.0 Å². The van der Waals surface area contributed by atoms with E-state index in [1.807, 2.05) is 0 Å². The third-order valence-electron chi connectivity index (χ3n) is 4.51. The van der Waals surface area contributed by atoms with Crippen molar-refractivity contribution in [1.29, 1.82) is 0 Å². The van der Waals surface area contributed by atoms with Gasteiger partial charge in [-0.1, -0.05) is 18.2 Å². The van der Waals surface area contributed by atoms with Crippen LogP contribution in [0.4, 0.5) is 10.5 Å². The third-order valence-corrected chi connectivity index (χ3v) is 4.51. The molecule has 2 aromatic carbocycles. The second-order valence-corrected chi connectivity index (χ2v) is 6.46. The van der Waals surface area contributed by atoms with Gasteiger partial charge in [-0.05, 0) is 30.7 Å². The molecule has 0 aromatic heterocycles. The molecule has 1 aliphatic rings. The summed E-state index contributed by atoms with van der Waals surface area (Å²) < 4.78 is 16.0. The van der Waals surface area contributed by atoms with Crippen LogP contribution in [0.15, 0.2) is 59.8 Å². The monoisotopic (exact) mass is 427 g/mol. The highest BCUT2D eigenvalue weighted by Crippen LogP contribution is 2.29. The van der Waals surface area contributed by atoms with Gasteiger partial charge < -0.3 is 24.8 Å². The largest absolute Gasteiger partial charge is 0.497 e.